The Kier molecular flexibility index (Phi) is 5.60. The van der Waals surface area contributed by atoms with Gasteiger partial charge in [-0.25, -0.2) is 0 Å². The number of aromatic nitrogens is 1. The number of thiazole rings is 1. The van der Waals surface area contributed by atoms with Crippen molar-refractivity contribution in [1.82, 2.24) is 10.3 Å². The normalized spacial score (nSPS) is 12.9. The van der Waals surface area contributed by atoms with Gasteiger partial charge in [0.1, 0.15) is 0 Å². The molecule has 0 bridgehead atoms. The number of H-pyrrole nitrogens is 1. The molecule has 0 aliphatic rings. The van der Waals surface area contributed by atoms with Gasteiger partial charge in [-0.1, -0.05) is 18.3 Å². The SMILES string of the molecule is CC(CN)CCCNCc1csc(=O)[nH]1. The highest BCUT2D eigenvalue weighted by Crippen LogP contribution is 2.02. The lowest BCUT2D eigenvalue weighted by Gasteiger charge is -2.07. The molecule has 0 aliphatic carbocycles. The molecule has 0 aromatic carbocycles. The lowest BCUT2D eigenvalue weighted by Crippen LogP contribution is -2.18. The molecule has 1 aromatic heterocycles. The summed E-state index contributed by atoms with van der Waals surface area (Å²) in [6.45, 7) is 4.65. The number of nitrogens with two attached hydrogens (primary N) is 1. The molecule has 86 valence electrons. The van der Waals surface area contributed by atoms with Gasteiger partial charge in [0.25, 0.3) is 0 Å². The Morgan fingerprint density at radius 3 is 3.07 bits per heavy atom. The van der Waals surface area contributed by atoms with Gasteiger partial charge in [0.15, 0.2) is 0 Å². The van der Waals surface area contributed by atoms with Gasteiger partial charge in [-0.15, -0.1) is 0 Å². The topological polar surface area (TPSA) is 70.9 Å². The maximum absolute atomic E-state index is 10.8. The molecule has 5 heteroatoms. The predicted molar refractivity (Wildman–Crippen MR) is 64.1 cm³/mol. The first kappa shape index (κ1) is 12.4. The van der Waals surface area contributed by atoms with Crippen molar-refractivity contribution in [2.24, 2.45) is 11.7 Å². The Morgan fingerprint density at radius 1 is 1.67 bits per heavy atom. The first-order chi connectivity index (χ1) is 7.22. The highest BCUT2D eigenvalue weighted by molar-refractivity contribution is 7.07. The van der Waals surface area contributed by atoms with E-state index in [9.17, 15) is 4.79 Å². The van der Waals surface area contributed by atoms with E-state index < -0.39 is 0 Å². The minimum absolute atomic E-state index is 0.0172. The van der Waals surface area contributed by atoms with E-state index in [1.807, 2.05) is 5.38 Å². The Balaban J connectivity index is 2.05. The highest BCUT2D eigenvalue weighted by atomic mass is 32.1. The van der Waals surface area contributed by atoms with Crippen LogP contribution in [0.4, 0.5) is 0 Å². The molecule has 1 atom stereocenters. The molecule has 1 unspecified atom stereocenters. The third-order valence-corrected chi connectivity index (χ3v) is 3.06. The number of nitrogens with one attached hydrogen (secondary N) is 2. The molecule has 0 saturated heterocycles. The molecule has 0 radical (unpaired) electrons. The second kappa shape index (κ2) is 6.76. The van der Waals surface area contributed by atoms with Crippen molar-refractivity contribution in [1.29, 1.82) is 0 Å². The van der Waals surface area contributed by atoms with E-state index in [4.69, 9.17) is 5.73 Å². The standard InChI is InChI=1S/C10H19N3OS/c1-8(5-11)3-2-4-12-6-9-7-15-10(14)13-9/h7-8,12H,2-6,11H2,1H3,(H,13,14). The summed E-state index contributed by atoms with van der Waals surface area (Å²) >= 11 is 1.21. The zero-order valence-corrected chi connectivity index (χ0v) is 9.90. The molecule has 1 heterocycles. The lowest BCUT2D eigenvalue weighted by molar-refractivity contribution is 0.500. The van der Waals surface area contributed by atoms with E-state index in [1.165, 1.54) is 11.3 Å². The Bertz CT molecular complexity index is 320. The van der Waals surface area contributed by atoms with Crippen LogP contribution in [0.25, 0.3) is 0 Å². The van der Waals surface area contributed by atoms with Crippen LogP contribution >= 0.6 is 11.3 Å². The molecule has 4 nitrogen and oxygen atoms in total. The predicted octanol–water partition coefficient (Wildman–Crippen LogP) is 0.901. The Labute approximate surface area is 93.9 Å². The molecule has 15 heavy (non-hydrogen) atoms. The van der Waals surface area contributed by atoms with Crippen LogP contribution in [-0.4, -0.2) is 18.1 Å². The summed E-state index contributed by atoms with van der Waals surface area (Å²) in [7, 11) is 0. The molecule has 1 aromatic rings. The maximum Gasteiger partial charge on any atom is 0.304 e. The fraction of sp³-hybridized carbons (Fsp3) is 0.700. The van der Waals surface area contributed by atoms with Crippen molar-refractivity contribution >= 4 is 11.3 Å². The second-order valence-corrected chi connectivity index (χ2v) is 4.68. The molecule has 0 spiro atoms. The van der Waals surface area contributed by atoms with Crippen LogP contribution in [0, 0.1) is 5.92 Å². The van der Waals surface area contributed by atoms with Crippen LogP contribution < -0.4 is 15.9 Å². The van der Waals surface area contributed by atoms with Crippen LogP contribution in [0.1, 0.15) is 25.5 Å². The second-order valence-electron chi connectivity index (χ2n) is 3.83. The summed E-state index contributed by atoms with van der Waals surface area (Å²) in [5.74, 6) is 0.604. The number of hydrogen-bond donors (Lipinski definition) is 3. The van der Waals surface area contributed by atoms with Crippen LogP contribution in [0.15, 0.2) is 10.2 Å². The maximum atomic E-state index is 10.8. The Morgan fingerprint density at radius 2 is 2.47 bits per heavy atom. The van der Waals surface area contributed by atoms with Crippen molar-refractivity contribution < 1.29 is 0 Å². The van der Waals surface area contributed by atoms with Gasteiger partial charge in [-0.2, -0.15) is 0 Å². The van der Waals surface area contributed by atoms with E-state index >= 15 is 0 Å². The van der Waals surface area contributed by atoms with E-state index in [-0.39, 0.29) is 4.87 Å². The summed E-state index contributed by atoms with van der Waals surface area (Å²) in [5.41, 5.74) is 6.49. The summed E-state index contributed by atoms with van der Waals surface area (Å²) in [6, 6.07) is 0. The fourth-order valence-corrected chi connectivity index (χ4v) is 1.90. The zero-order valence-electron chi connectivity index (χ0n) is 9.08. The Hall–Kier alpha value is -0.650. The van der Waals surface area contributed by atoms with Gasteiger partial charge < -0.3 is 16.0 Å². The molecule has 0 amide bonds. The quantitative estimate of drug-likeness (QED) is 0.608. The summed E-state index contributed by atoms with van der Waals surface area (Å²) in [4.78, 5) is 13.6. The van der Waals surface area contributed by atoms with E-state index in [2.05, 4.69) is 17.2 Å². The summed E-state index contributed by atoms with van der Waals surface area (Å²) < 4.78 is 0. The monoisotopic (exact) mass is 229 g/mol. The van der Waals surface area contributed by atoms with Crippen LogP contribution in [-0.2, 0) is 6.54 Å². The van der Waals surface area contributed by atoms with Crippen molar-refractivity contribution in [3.8, 4) is 0 Å². The van der Waals surface area contributed by atoms with Gasteiger partial charge in [0.05, 0.1) is 0 Å². The molecule has 1 rings (SSSR count). The van der Waals surface area contributed by atoms with Crippen molar-refractivity contribution in [2.45, 2.75) is 26.3 Å². The number of rotatable bonds is 7. The van der Waals surface area contributed by atoms with Gasteiger partial charge in [-0.05, 0) is 31.8 Å². The van der Waals surface area contributed by atoms with Crippen LogP contribution in [0.3, 0.4) is 0 Å². The number of aromatic amines is 1. The van der Waals surface area contributed by atoms with Crippen molar-refractivity contribution in [2.75, 3.05) is 13.1 Å². The minimum Gasteiger partial charge on any atom is -0.330 e. The molecule has 0 saturated carbocycles. The summed E-state index contributed by atoms with van der Waals surface area (Å²) in [5, 5.41) is 5.15. The van der Waals surface area contributed by atoms with E-state index in [0.717, 1.165) is 38.2 Å². The van der Waals surface area contributed by atoms with Gasteiger partial charge >= 0.3 is 4.87 Å². The average Bonchev–Trinajstić information content (AvgIpc) is 2.63. The van der Waals surface area contributed by atoms with Crippen molar-refractivity contribution in [3.05, 3.63) is 20.7 Å². The zero-order chi connectivity index (χ0) is 11.1. The first-order valence-electron chi connectivity index (χ1n) is 5.30. The number of hydrogen-bond acceptors (Lipinski definition) is 4. The first-order valence-corrected chi connectivity index (χ1v) is 6.18. The van der Waals surface area contributed by atoms with Gasteiger partial charge in [0, 0.05) is 17.6 Å². The fourth-order valence-electron chi connectivity index (χ4n) is 1.32. The highest BCUT2D eigenvalue weighted by Gasteiger charge is 1.99. The smallest absolute Gasteiger partial charge is 0.304 e. The lowest BCUT2D eigenvalue weighted by atomic mass is 10.1. The average molecular weight is 229 g/mol. The van der Waals surface area contributed by atoms with Crippen LogP contribution in [0.5, 0.6) is 0 Å². The molecular formula is C10H19N3OS. The van der Waals surface area contributed by atoms with Crippen LogP contribution in [0.2, 0.25) is 0 Å². The largest absolute Gasteiger partial charge is 0.330 e. The molecular weight excluding hydrogens is 210 g/mol. The molecule has 0 aliphatic heterocycles. The van der Waals surface area contributed by atoms with Crippen molar-refractivity contribution in [3.63, 3.8) is 0 Å². The third kappa shape index (κ3) is 5.11. The minimum atomic E-state index is 0.0172. The van der Waals surface area contributed by atoms with E-state index in [0.29, 0.717) is 5.92 Å². The van der Waals surface area contributed by atoms with E-state index in [1.54, 1.807) is 0 Å². The van der Waals surface area contributed by atoms with Gasteiger partial charge in [-0.3, -0.25) is 4.79 Å². The van der Waals surface area contributed by atoms with Gasteiger partial charge in [0.2, 0.25) is 0 Å². The summed E-state index contributed by atoms with van der Waals surface area (Å²) in [6.07, 6.45) is 2.29. The molecule has 0 fully saturated rings. The third-order valence-electron chi connectivity index (χ3n) is 2.34. The molecule has 4 N–H and O–H groups in total.